The first kappa shape index (κ1) is 8.42. The number of aromatic nitrogens is 2. The van der Waals surface area contributed by atoms with Gasteiger partial charge in [0, 0.05) is 12.4 Å². The third-order valence-corrected chi connectivity index (χ3v) is 1.34. The number of rotatable bonds is 2. The van der Waals surface area contributed by atoms with Gasteiger partial charge in [0.2, 0.25) is 0 Å². The van der Waals surface area contributed by atoms with Gasteiger partial charge in [0.15, 0.2) is 0 Å². The number of thiol groups is 1. The number of nitrogens with one attached hydrogen (secondary N) is 1. The van der Waals surface area contributed by atoms with Gasteiger partial charge in [-0.1, -0.05) is 12.2 Å². The van der Waals surface area contributed by atoms with E-state index in [0.29, 0.717) is 10.9 Å². The highest BCUT2D eigenvalue weighted by Gasteiger charge is 1.91. The van der Waals surface area contributed by atoms with Crippen LogP contribution in [0.3, 0.4) is 0 Å². The lowest BCUT2D eigenvalue weighted by molar-refractivity contribution is 0.879. The molecule has 1 heterocycles. The lowest BCUT2D eigenvalue weighted by Crippen LogP contribution is -2.16. The predicted octanol–water partition coefficient (Wildman–Crippen LogP) is 0.781. The Hall–Kier alpha value is -0.680. The fourth-order valence-electron chi connectivity index (χ4n) is 0.587. The maximum atomic E-state index is 4.70. The molecule has 0 saturated carbocycles. The van der Waals surface area contributed by atoms with E-state index in [4.69, 9.17) is 12.2 Å². The van der Waals surface area contributed by atoms with Crippen molar-refractivity contribution < 1.29 is 0 Å². The van der Waals surface area contributed by atoms with Crippen molar-refractivity contribution in [2.45, 2.75) is 6.54 Å². The summed E-state index contributed by atoms with van der Waals surface area (Å²) < 4.78 is 0.468. The summed E-state index contributed by atoms with van der Waals surface area (Å²) >= 11 is 8.60. The van der Waals surface area contributed by atoms with Crippen molar-refractivity contribution in [1.82, 2.24) is 15.3 Å². The molecule has 0 bridgehead atoms. The van der Waals surface area contributed by atoms with Crippen LogP contribution in [0.2, 0.25) is 0 Å². The van der Waals surface area contributed by atoms with E-state index in [0.717, 1.165) is 5.69 Å². The van der Waals surface area contributed by atoms with Crippen molar-refractivity contribution in [3.63, 3.8) is 0 Å². The molecule has 0 spiro atoms. The molecule has 0 saturated heterocycles. The third kappa shape index (κ3) is 3.29. The van der Waals surface area contributed by atoms with Gasteiger partial charge in [-0.3, -0.25) is 9.97 Å². The highest BCUT2D eigenvalue weighted by atomic mass is 32.1. The van der Waals surface area contributed by atoms with Crippen LogP contribution in [0.5, 0.6) is 0 Å². The minimum atomic E-state index is 0.468. The topological polar surface area (TPSA) is 37.8 Å². The Labute approximate surface area is 75.7 Å². The second-order valence-electron chi connectivity index (χ2n) is 1.86. The number of thiocarbonyl (C=S) groups is 1. The molecular formula is C6H7N3S2. The average molecular weight is 185 g/mol. The lowest BCUT2D eigenvalue weighted by atomic mass is 10.4. The Morgan fingerprint density at radius 2 is 2.45 bits per heavy atom. The molecule has 0 aromatic carbocycles. The maximum absolute atomic E-state index is 4.70. The molecule has 1 N–H and O–H groups in total. The van der Waals surface area contributed by atoms with E-state index in [1.165, 1.54) is 0 Å². The molecule has 0 amide bonds. The molecule has 0 aliphatic carbocycles. The van der Waals surface area contributed by atoms with Gasteiger partial charge in [0.25, 0.3) is 0 Å². The van der Waals surface area contributed by atoms with E-state index >= 15 is 0 Å². The highest BCUT2D eigenvalue weighted by molar-refractivity contribution is 8.11. The zero-order valence-corrected chi connectivity index (χ0v) is 7.40. The van der Waals surface area contributed by atoms with Crippen LogP contribution < -0.4 is 5.32 Å². The zero-order valence-electron chi connectivity index (χ0n) is 5.69. The van der Waals surface area contributed by atoms with Gasteiger partial charge in [-0.2, -0.15) is 0 Å². The van der Waals surface area contributed by atoms with Gasteiger partial charge in [-0.05, 0) is 0 Å². The summed E-state index contributed by atoms with van der Waals surface area (Å²) in [6.45, 7) is 0.580. The summed E-state index contributed by atoms with van der Waals surface area (Å²) in [6, 6.07) is 0. The van der Waals surface area contributed by atoms with Crippen LogP contribution in [0.4, 0.5) is 0 Å². The Balaban J connectivity index is 2.45. The number of hydrogen-bond acceptors (Lipinski definition) is 3. The highest BCUT2D eigenvalue weighted by Crippen LogP contribution is 1.89. The van der Waals surface area contributed by atoms with Gasteiger partial charge in [0.05, 0.1) is 18.4 Å². The monoisotopic (exact) mass is 185 g/mol. The minimum absolute atomic E-state index is 0.468. The summed E-state index contributed by atoms with van der Waals surface area (Å²) in [7, 11) is 0. The van der Waals surface area contributed by atoms with Crippen LogP contribution in [0.1, 0.15) is 5.69 Å². The fraction of sp³-hybridized carbons (Fsp3) is 0.167. The second kappa shape index (κ2) is 4.25. The molecule has 1 aromatic rings. The smallest absolute Gasteiger partial charge is 0.131 e. The molecular weight excluding hydrogens is 178 g/mol. The third-order valence-electron chi connectivity index (χ3n) is 1.04. The summed E-state index contributed by atoms with van der Waals surface area (Å²) in [5, 5.41) is 2.85. The van der Waals surface area contributed by atoms with Crippen molar-refractivity contribution in [3.05, 3.63) is 24.3 Å². The zero-order chi connectivity index (χ0) is 8.10. The van der Waals surface area contributed by atoms with Gasteiger partial charge >= 0.3 is 0 Å². The fourth-order valence-corrected chi connectivity index (χ4v) is 0.739. The van der Waals surface area contributed by atoms with E-state index < -0.39 is 0 Å². The summed E-state index contributed by atoms with van der Waals surface area (Å²) in [4.78, 5) is 7.92. The second-order valence-corrected chi connectivity index (χ2v) is 3.01. The van der Waals surface area contributed by atoms with E-state index in [9.17, 15) is 0 Å². The summed E-state index contributed by atoms with van der Waals surface area (Å²) in [5.74, 6) is 0. The molecule has 0 atom stereocenters. The van der Waals surface area contributed by atoms with Crippen molar-refractivity contribution in [2.75, 3.05) is 0 Å². The van der Waals surface area contributed by atoms with E-state index in [-0.39, 0.29) is 0 Å². The molecule has 0 aliphatic rings. The molecule has 3 nitrogen and oxygen atoms in total. The molecule has 1 aromatic heterocycles. The maximum Gasteiger partial charge on any atom is 0.131 e. The van der Waals surface area contributed by atoms with Crippen molar-refractivity contribution in [2.24, 2.45) is 0 Å². The van der Waals surface area contributed by atoms with Crippen LogP contribution in [-0.2, 0) is 6.54 Å². The first-order valence-electron chi connectivity index (χ1n) is 3.01. The average Bonchev–Trinajstić information content (AvgIpc) is 2.03. The Morgan fingerprint density at radius 1 is 1.64 bits per heavy atom. The molecule has 1 rings (SSSR count). The first-order chi connectivity index (χ1) is 5.29. The van der Waals surface area contributed by atoms with Crippen LogP contribution in [0, 0.1) is 0 Å². The molecule has 11 heavy (non-hydrogen) atoms. The van der Waals surface area contributed by atoms with Crippen LogP contribution >= 0.6 is 24.8 Å². The quantitative estimate of drug-likeness (QED) is 0.527. The molecule has 0 unspecified atom stereocenters. The van der Waals surface area contributed by atoms with Gasteiger partial charge in [0.1, 0.15) is 4.32 Å². The Morgan fingerprint density at radius 3 is 3.00 bits per heavy atom. The molecule has 58 valence electrons. The van der Waals surface area contributed by atoms with Gasteiger partial charge in [-0.25, -0.2) is 0 Å². The van der Waals surface area contributed by atoms with E-state index in [1.807, 2.05) is 0 Å². The van der Waals surface area contributed by atoms with Crippen molar-refractivity contribution in [3.8, 4) is 0 Å². The number of nitrogens with zero attached hydrogens (tertiary/aromatic N) is 2. The van der Waals surface area contributed by atoms with Crippen molar-refractivity contribution >= 4 is 29.2 Å². The van der Waals surface area contributed by atoms with E-state index in [2.05, 4.69) is 27.9 Å². The summed E-state index contributed by atoms with van der Waals surface area (Å²) in [5.41, 5.74) is 0.851. The van der Waals surface area contributed by atoms with Crippen LogP contribution in [0.25, 0.3) is 0 Å². The van der Waals surface area contributed by atoms with E-state index in [1.54, 1.807) is 18.6 Å². The predicted molar refractivity (Wildman–Crippen MR) is 50.5 cm³/mol. The largest absolute Gasteiger partial charge is 0.365 e. The first-order valence-corrected chi connectivity index (χ1v) is 3.86. The van der Waals surface area contributed by atoms with Gasteiger partial charge in [-0.15, -0.1) is 12.6 Å². The normalized spacial score (nSPS) is 9.18. The van der Waals surface area contributed by atoms with Gasteiger partial charge < -0.3 is 5.32 Å². The molecule has 5 heteroatoms. The van der Waals surface area contributed by atoms with Crippen LogP contribution in [-0.4, -0.2) is 14.3 Å². The molecule has 0 aliphatic heterocycles. The molecule has 0 fully saturated rings. The molecule has 0 radical (unpaired) electrons. The van der Waals surface area contributed by atoms with Crippen LogP contribution in [0.15, 0.2) is 18.6 Å². The number of hydrogen-bond donors (Lipinski definition) is 2. The Bertz CT molecular complexity index is 237. The SMILES string of the molecule is S=C(S)NCc1cnccn1. The lowest BCUT2D eigenvalue weighted by Gasteiger charge is -2.00. The Kier molecular flexibility index (Phi) is 3.25. The standard InChI is InChI=1S/C6H7N3S2/c10-6(11)9-4-5-3-7-1-2-8-5/h1-3H,4H2,(H2,9,10,11). The minimum Gasteiger partial charge on any atom is -0.365 e. The van der Waals surface area contributed by atoms with Crippen molar-refractivity contribution in [1.29, 1.82) is 0 Å². The summed E-state index contributed by atoms with van der Waals surface area (Å²) in [6.07, 6.45) is 4.94.